The van der Waals surface area contributed by atoms with Crippen molar-refractivity contribution in [2.75, 3.05) is 59.5 Å². The number of carbonyl (C=O) groups excluding carboxylic acids is 1. The highest BCUT2D eigenvalue weighted by Crippen LogP contribution is 2.14. The minimum atomic E-state index is 0.280. The Kier molecular flexibility index (Phi) is 6.26. The Morgan fingerprint density at radius 1 is 1.20 bits per heavy atom. The molecule has 2 rings (SSSR count). The van der Waals surface area contributed by atoms with Crippen LogP contribution in [0.15, 0.2) is 0 Å². The molecule has 2 aliphatic rings. The zero-order valence-corrected chi connectivity index (χ0v) is 13.0. The number of carbonyl (C=O) groups is 1. The number of nitrogens with zero attached hydrogens (tertiary/aromatic N) is 3. The number of rotatable bonds is 5. The van der Waals surface area contributed by atoms with Gasteiger partial charge in [0, 0.05) is 45.2 Å². The van der Waals surface area contributed by atoms with E-state index in [1.54, 1.807) is 0 Å². The van der Waals surface area contributed by atoms with Crippen LogP contribution in [-0.4, -0.2) is 86.2 Å². The fraction of sp³-hybridized carbons (Fsp3) is 0.933. The second-order valence-electron chi connectivity index (χ2n) is 6.01. The standard InChI is InChI=1S/C15H29N3O2/c1-3-4-5-17-10-11-20-13-14(17)12-15(19)18-8-6-16(2)7-9-18/h14H,3-13H2,1-2H3. The zero-order valence-electron chi connectivity index (χ0n) is 13.0. The third-order valence-corrected chi connectivity index (χ3v) is 4.41. The van der Waals surface area contributed by atoms with Crippen LogP contribution in [-0.2, 0) is 9.53 Å². The van der Waals surface area contributed by atoms with Crippen molar-refractivity contribution in [3.05, 3.63) is 0 Å². The molecule has 0 bridgehead atoms. The number of piperazine rings is 1. The highest BCUT2D eigenvalue weighted by Gasteiger charge is 2.27. The van der Waals surface area contributed by atoms with Gasteiger partial charge in [0.05, 0.1) is 13.2 Å². The van der Waals surface area contributed by atoms with Crippen LogP contribution >= 0.6 is 0 Å². The molecule has 5 heteroatoms. The van der Waals surface area contributed by atoms with Crippen molar-refractivity contribution < 1.29 is 9.53 Å². The van der Waals surface area contributed by atoms with Gasteiger partial charge < -0.3 is 14.5 Å². The van der Waals surface area contributed by atoms with Crippen LogP contribution in [0.5, 0.6) is 0 Å². The van der Waals surface area contributed by atoms with E-state index in [9.17, 15) is 4.79 Å². The van der Waals surface area contributed by atoms with E-state index in [0.717, 1.165) is 45.9 Å². The molecule has 2 saturated heterocycles. The van der Waals surface area contributed by atoms with Gasteiger partial charge in [0.25, 0.3) is 0 Å². The maximum atomic E-state index is 12.4. The highest BCUT2D eigenvalue weighted by atomic mass is 16.5. The third-order valence-electron chi connectivity index (χ3n) is 4.41. The number of ether oxygens (including phenoxy) is 1. The fourth-order valence-electron chi connectivity index (χ4n) is 2.92. The van der Waals surface area contributed by atoms with Gasteiger partial charge in [-0.25, -0.2) is 0 Å². The average molecular weight is 283 g/mol. The summed E-state index contributed by atoms with van der Waals surface area (Å²) < 4.78 is 5.58. The first kappa shape index (κ1) is 15.7. The lowest BCUT2D eigenvalue weighted by atomic mass is 10.1. The van der Waals surface area contributed by atoms with Crippen molar-refractivity contribution in [3.63, 3.8) is 0 Å². The fourth-order valence-corrected chi connectivity index (χ4v) is 2.92. The van der Waals surface area contributed by atoms with Crippen LogP contribution in [0.3, 0.4) is 0 Å². The van der Waals surface area contributed by atoms with Gasteiger partial charge >= 0.3 is 0 Å². The lowest BCUT2D eigenvalue weighted by Gasteiger charge is -2.38. The number of likely N-dealkylation sites (N-methyl/N-ethyl adjacent to an activating group) is 1. The van der Waals surface area contributed by atoms with Crippen LogP contribution in [0.4, 0.5) is 0 Å². The van der Waals surface area contributed by atoms with Crippen molar-refractivity contribution in [1.82, 2.24) is 14.7 Å². The number of hydrogen-bond acceptors (Lipinski definition) is 4. The van der Waals surface area contributed by atoms with Gasteiger partial charge in [0.15, 0.2) is 0 Å². The predicted octanol–water partition coefficient (Wildman–Crippen LogP) is 0.651. The SMILES string of the molecule is CCCCN1CCOCC1CC(=O)N1CCN(C)CC1. The molecule has 5 nitrogen and oxygen atoms in total. The van der Waals surface area contributed by atoms with E-state index in [-0.39, 0.29) is 6.04 Å². The first-order valence-corrected chi connectivity index (χ1v) is 7.99. The van der Waals surface area contributed by atoms with Crippen molar-refractivity contribution >= 4 is 5.91 Å². The summed E-state index contributed by atoms with van der Waals surface area (Å²) in [6.45, 7) is 9.53. The molecule has 0 aromatic carbocycles. The van der Waals surface area contributed by atoms with Gasteiger partial charge in [-0.1, -0.05) is 13.3 Å². The number of amides is 1. The van der Waals surface area contributed by atoms with E-state index >= 15 is 0 Å². The minimum Gasteiger partial charge on any atom is -0.378 e. The van der Waals surface area contributed by atoms with E-state index in [0.29, 0.717) is 18.9 Å². The van der Waals surface area contributed by atoms with Crippen LogP contribution in [0, 0.1) is 0 Å². The van der Waals surface area contributed by atoms with Crippen molar-refractivity contribution in [3.8, 4) is 0 Å². The van der Waals surface area contributed by atoms with E-state index < -0.39 is 0 Å². The molecule has 1 amide bonds. The number of unbranched alkanes of at least 4 members (excludes halogenated alkanes) is 1. The van der Waals surface area contributed by atoms with Crippen LogP contribution in [0.1, 0.15) is 26.2 Å². The maximum Gasteiger partial charge on any atom is 0.224 e. The Morgan fingerprint density at radius 2 is 1.95 bits per heavy atom. The summed E-state index contributed by atoms with van der Waals surface area (Å²) >= 11 is 0. The largest absolute Gasteiger partial charge is 0.378 e. The first-order chi connectivity index (χ1) is 9.70. The first-order valence-electron chi connectivity index (χ1n) is 7.99. The van der Waals surface area contributed by atoms with E-state index in [2.05, 4.69) is 23.8 Å². The second-order valence-corrected chi connectivity index (χ2v) is 6.01. The van der Waals surface area contributed by atoms with Gasteiger partial charge in [0.1, 0.15) is 0 Å². The molecule has 0 aromatic rings. The number of hydrogen-bond donors (Lipinski definition) is 0. The molecule has 0 N–H and O–H groups in total. The Bertz CT molecular complexity index is 303. The molecule has 0 aromatic heterocycles. The van der Waals surface area contributed by atoms with E-state index in [1.807, 2.05) is 4.90 Å². The summed E-state index contributed by atoms with van der Waals surface area (Å²) in [5, 5.41) is 0. The van der Waals surface area contributed by atoms with Crippen molar-refractivity contribution in [2.24, 2.45) is 0 Å². The van der Waals surface area contributed by atoms with Crippen LogP contribution in [0.25, 0.3) is 0 Å². The molecule has 1 unspecified atom stereocenters. The molecule has 20 heavy (non-hydrogen) atoms. The third kappa shape index (κ3) is 4.43. The van der Waals surface area contributed by atoms with Gasteiger partial charge in [-0.15, -0.1) is 0 Å². The molecule has 116 valence electrons. The molecule has 2 aliphatic heterocycles. The normalized spacial score (nSPS) is 25.9. The average Bonchev–Trinajstić information content (AvgIpc) is 2.47. The molecular formula is C15H29N3O2. The summed E-state index contributed by atoms with van der Waals surface area (Å²) in [6.07, 6.45) is 3.03. The number of morpholine rings is 1. The monoisotopic (exact) mass is 283 g/mol. The molecule has 0 aliphatic carbocycles. The summed E-state index contributed by atoms with van der Waals surface area (Å²) in [5.74, 6) is 0.301. The van der Waals surface area contributed by atoms with Gasteiger partial charge in [-0.3, -0.25) is 9.69 Å². The second kappa shape index (κ2) is 7.96. The minimum absolute atomic E-state index is 0.280. The summed E-state index contributed by atoms with van der Waals surface area (Å²) in [6, 6.07) is 0.280. The smallest absolute Gasteiger partial charge is 0.224 e. The maximum absolute atomic E-state index is 12.4. The van der Waals surface area contributed by atoms with Gasteiger partial charge in [0.2, 0.25) is 5.91 Å². The quantitative estimate of drug-likeness (QED) is 0.742. The lowest BCUT2D eigenvalue weighted by molar-refractivity contribution is -0.135. The Hall–Kier alpha value is -0.650. The highest BCUT2D eigenvalue weighted by molar-refractivity contribution is 5.77. The Balaban J connectivity index is 1.81. The summed E-state index contributed by atoms with van der Waals surface area (Å²) in [5.41, 5.74) is 0. The Morgan fingerprint density at radius 3 is 2.65 bits per heavy atom. The zero-order chi connectivity index (χ0) is 14.4. The molecule has 0 radical (unpaired) electrons. The van der Waals surface area contributed by atoms with Crippen LogP contribution in [0.2, 0.25) is 0 Å². The molecule has 2 fully saturated rings. The molecular weight excluding hydrogens is 254 g/mol. The summed E-state index contributed by atoms with van der Waals surface area (Å²) in [4.78, 5) is 19.2. The van der Waals surface area contributed by atoms with E-state index in [1.165, 1.54) is 12.8 Å². The van der Waals surface area contributed by atoms with Crippen molar-refractivity contribution in [2.45, 2.75) is 32.2 Å². The van der Waals surface area contributed by atoms with Crippen LogP contribution < -0.4 is 0 Å². The summed E-state index contributed by atoms with van der Waals surface area (Å²) in [7, 11) is 2.11. The van der Waals surface area contributed by atoms with Crippen molar-refractivity contribution in [1.29, 1.82) is 0 Å². The molecule has 1 atom stereocenters. The molecule has 2 heterocycles. The predicted molar refractivity (Wildman–Crippen MR) is 79.8 cm³/mol. The lowest BCUT2D eigenvalue weighted by Crippen LogP contribution is -2.51. The van der Waals surface area contributed by atoms with Gasteiger partial charge in [-0.05, 0) is 20.0 Å². The molecule has 0 saturated carbocycles. The Labute approximate surface area is 122 Å². The molecule has 0 spiro atoms. The van der Waals surface area contributed by atoms with Gasteiger partial charge in [-0.2, -0.15) is 0 Å². The topological polar surface area (TPSA) is 36.0 Å². The van der Waals surface area contributed by atoms with E-state index in [4.69, 9.17) is 4.74 Å².